The van der Waals surface area contributed by atoms with Gasteiger partial charge in [-0.05, 0) is 57.5 Å². The van der Waals surface area contributed by atoms with Crippen LogP contribution in [0.3, 0.4) is 0 Å². The molecule has 1 heterocycles. The van der Waals surface area contributed by atoms with Crippen molar-refractivity contribution in [3.63, 3.8) is 0 Å². The van der Waals surface area contributed by atoms with Crippen molar-refractivity contribution in [2.75, 3.05) is 27.2 Å². The van der Waals surface area contributed by atoms with Crippen LogP contribution in [0.5, 0.6) is 5.75 Å². The van der Waals surface area contributed by atoms with Gasteiger partial charge in [0.25, 0.3) is 0 Å². The van der Waals surface area contributed by atoms with Crippen molar-refractivity contribution in [3.8, 4) is 5.75 Å². The number of benzene rings is 1. The van der Waals surface area contributed by atoms with Gasteiger partial charge in [-0.1, -0.05) is 39.2 Å². The quantitative estimate of drug-likeness (QED) is 0.409. The summed E-state index contributed by atoms with van der Waals surface area (Å²) < 4.78 is 11.5. The first-order valence-corrected chi connectivity index (χ1v) is 11.9. The highest BCUT2D eigenvalue weighted by molar-refractivity contribution is 5.91. The van der Waals surface area contributed by atoms with Gasteiger partial charge in [0.2, 0.25) is 0 Å². The number of ether oxygens (including phenoxy) is 2. The molecule has 0 unspecified atom stereocenters. The second-order valence-corrected chi connectivity index (χ2v) is 9.84. The molecule has 3 rings (SSSR count). The monoisotopic (exact) mass is 442 g/mol. The fourth-order valence-electron chi connectivity index (χ4n) is 4.55. The molecule has 0 atom stereocenters. The highest BCUT2D eigenvalue weighted by Crippen LogP contribution is 2.41. The number of hydrogen-bond donors (Lipinski definition) is 1. The molecule has 0 spiro atoms. The summed E-state index contributed by atoms with van der Waals surface area (Å²) in [6.07, 6.45) is 9.33. The zero-order valence-corrected chi connectivity index (χ0v) is 20.0. The van der Waals surface area contributed by atoms with Crippen molar-refractivity contribution < 1.29 is 19.1 Å². The number of likely N-dealkylation sites (N-methyl/N-ethyl adjacent to an activating group) is 1. The van der Waals surface area contributed by atoms with E-state index in [1.807, 2.05) is 38.2 Å². The SMILES string of the molecule is CC(C)C(=O)OCC1(CCC(=O)Oc2cccc3[nH]cc(CCN(C)C)c23)CCCCC1. The van der Waals surface area contributed by atoms with E-state index >= 15 is 0 Å². The third kappa shape index (κ3) is 6.35. The maximum atomic E-state index is 12.8. The van der Waals surface area contributed by atoms with E-state index in [-0.39, 0.29) is 23.3 Å². The number of carbonyl (C=O) groups is 2. The molecule has 0 bridgehead atoms. The third-order valence-corrected chi connectivity index (χ3v) is 6.57. The summed E-state index contributed by atoms with van der Waals surface area (Å²) in [6.45, 7) is 5.02. The van der Waals surface area contributed by atoms with Crippen LogP contribution in [0.15, 0.2) is 24.4 Å². The predicted molar refractivity (Wildman–Crippen MR) is 127 cm³/mol. The van der Waals surface area contributed by atoms with Gasteiger partial charge in [-0.3, -0.25) is 9.59 Å². The Morgan fingerprint density at radius 2 is 1.91 bits per heavy atom. The molecule has 32 heavy (non-hydrogen) atoms. The number of carbonyl (C=O) groups excluding carboxylic acids is 2. The first kappa shape index (κ1) is 24.3. The molecular formula is C26H38N2O4. The predicted octanol–water partition coefficient (Wildman–Crippen LogP) is 5.11. The fourth-order valence-corrected chi connectivity index (χ4v) is 4.55. The van der Waals surface area contributed by atoms with E-state index in [0.29, 0.717) is 25.2 Å². The third-order valence-electron chi connectivity index (χ3n) is 6.57. The Labute approximate surface area is 191 Å². The second kappa shape index (κ2) is 11.0. The molecule has 1 fully saturated rings. The van der Waals surface area contributed by atoms with Crippen molar-refractivity contribution in [2.45, 2.75) is 65.2 Å². The van der Waals surface area contributed by atoms with Gasteiger partial charge >= 0.3 is 11.9 Å². The topological polar surface area (TPSA) is 71.6 Å². The van der Waals surface area contributed by atoms with Crippen LogP contribution in [-0.2, 0) is 20.7 Å². The highest BCUT2D eigenvalue weighted by Gasteiger charge is 2.34. The van der Waals surface area contributed by atoms with Gasteiger partial charge in [-0.25, -0.2) is 0 Å². The maximum Gasteiger partial charge on any atom is 0.311 e. The van der Waals surface area contributed by atoms with Crippen molar-refractivity contribution in [1.29, 1.82) is 0 Å². The minimum absolute atomic E-state index is 0.112. The zero-order valence-electron chi connectivity index (χ0n) is 20.0. The normalized spacial score (nSPS) is 15.9. The molecule has 1 aliphatic rings. The van der Waals surface area contributed by atoms with Crippen LogP contribution >= 0.6 is 0 Å². The van der Waals surface area contributed by atoms with E-state index in [9.17, 15) is 9.59 Å². The van der Waals surface area contributed by atoms with Crippen LogP contribution in [0.2, 0.25) is 0 Å². The molecule has 0 radical (unpaired) electrons. The number of esters is 2. The summed E-state index contributed by atoms with van der Waals surface area (Å²) in [5.74, 6) is 0.0925. The maximum absolute atomic E-state index is 12.8. The molecular weight excluding hydrogens is 404 g/mol. The number of nitrogens with zero attached hydrogens (tertiary/aromatic N) is 1. The molecule has 0 amide bonds. The van der Waals surface area contributed by atoms with E-state index in [1.165, 1.54) is 6.42 Å². The number of aromatic nitrogens is 1. The van der Waals surface area contributed by atoms with E-state index < -0.39 is 0 Å². The molecule has 1 N–H and O–H groups in total. The molecule has 1 aliphatic carbocycles. The molecule has 1 aromatic carbocycles. The smallest absolute Gasteiger partial charge is 0.311 e. The van der Waals surface area contributed by atoms with Gasteiger partial charge in [-0.15, -0.1) is 0 Å². The Kier molecular flexibility index (Phi) is 8.35. The first-order valence-electron chi connectivity index (χ1n) is 11.9. The van der Waals surface area contributed by atoms with Crippen LogP contribution in [-0.4, -0.2) is 49.1 Å². The van der Waals surface area contributed by atoms with Gasteiger partial charge in [0.1, 0.15) is 5.75 Å². The van der Waals surface area contributed by atoms with Gasteiger partial charge in [0.05, 0.1) is 12.5 Å². The van der Waals surface area contributed by atoms with Crippen molar-refractivity contribution in [1.82, 2.24) is 9.88 Å². The number of hydrogen-bond acceptors (Lipinski definition) is 5. The second-order valence-electron chi connectivity index (χ2n) is 9.84. The number of aromatic amines is 1. The number of H-pyrrole nitrogens is 1. The van der Waals surface area contributed by atoms with Crippen LogP contribution in [0.1, 0.15) is 64.4 Å². The molecule has 2 aromatic rings. The number of nitrogens with one attached hydrogen (secondary N) is 1. The lowest BCUT2D eigenvalue weighted by atomic mass is 9.71. The molecule has 1 aromatic heterocycles. The minimum atomic E-state index is -0.225. The first-order chi connectivity index (χ1) is 15.3. The Balaban J connectivity index is 1.65. The summed E-state index contributed by atoms with van der Waals surface area (Å²) in [7, 11) is 4.10. The van der Waals surface area contributed by atoms with Crippen LogP contribution in [0.4, 0.5) is 0 Å². The van der Waals surface area contributed by atoms with Gasteiger partial charge in [0, 0.05) is 35.5 Å². The summed E-state index contributed by atoms with van der Waals surface area (Å²) in [4.78, 5) is 30.3. The Morgan fingerprint density at radius 3 is 2.59 bits per heavy atom. The number of fused-ring (bicyclic) bond motifs is 1. The lowest BCUT2D eigenvalue weighted by Crippen LogP contribution is -2.32. The molecule has 0 saturated heterocycles. The van der Waals surface area contributed by atoms with Crippen molar-refractivity contribution >= 4 is 22.8 Å². The van der Waals surface area contributed by atoms with E-state index in [4.69, 9.17) is 9.47 Å². The average Bonchev–Trinajstić information content (AvgIpc) is 3.19. The average molecular weight is 443 g/mol. The Hall–Kier alpha value is -2.34. The Bertz CT molecular complexity index is 910. The van der Waals surface area contributed by atoms with Crippen molar-refractivity contribution in [2.24, 2.45) is 11.3 Å². The molecule has 176 valence electrons. The molecule has 6 nitrogen and oxygen atoms in total. The zero-order chi connectivity index (χ0) is 23.1. The summed E-state index contributed by atoms with van der Waals surface area (Å²) >= 11 is 0. The summed E-state index contributed by atoms with van der Waals surface area (Å²) in [5, 5.41) is 0.987. The minimum Gasteiger partial charge on any atom is -0.465 e. The van der Waals surface area contributed by atoms with E-state index in [2.05, 4.69) is 24.0 Å². The van der Waals surface area contributed by atoms with Crippen LogP contribution in [0, 0.1) is 11.3 Å². The largest absolute Gasteiger partial charge is 0.465 e. The molecule has 6 heteroatoms. The fraction of sp³-hybridized carbons (Fsp3) is 0.615. The lowest BCUT2D eigenvalue weighted by Gasteiger charge is -2.36. The van der Waals surface area contributed by atoms with Crippen LogP contribution < -0.4 is 4.74 Å². The molecule has 1 saturated carbocycles. The number of rotatable bonds is 10. The summed E-state index contributed by atoms with van der Waals surface area (Å²) in [6, 6.07) is 5.78. The van der Waals surface area contributed by atoms with Gasteiger partial charge < -0.3 is 19.4 Å². The van der Waals surface area contributed by atoms with Crippen molar-refractivity contribution in [3.05, 3.63) is 30.0 Å². The highest BCUT2D eigenvalue weighted by atomic mass is 16.5. The molecule has 0 aliphatic heterocycles. The standard InChI is InChI=1S/C26H38N2O4/c1-19(2)25(30)31-18-26(13-6-5-7-14-26)15-11-23(29)32-22-10-8-9-21-24(22)20(17-27-21)12-16-28(3)4/h8-10,17,19,27H,5-7,11-16,18H2,1-4H3. The van der Waals surface area contributed by atoms with Gasteiger partial charge in [0.15, 0.2) is 0 Å². The van der Waals surface area contributed by atoms with E-state index in [0.717, 1.165) is 55.1 Å². The van der Waals surface area contributed by atoms with E-state index in [1.54, 1.807) is 0 Å². The summed E-state index contributed by atoms with van der Waals surface area (Å²) in [5.41, 5.74) is 2.02. The Morgan fingerprint density at radius 1 is 1.16 bits per heavy atom. The van der Waals surface area contributed by atoms with Crippen LogP contribution in [0.25, 0.3) is 10.9 Å². The lowest BCUT2D eigenvalue weighted by molar-refractivity contribution is -0.152. The van der Waals surface area contributed by atoms with Gasteiger partial charge in [-0.2, -0.15) is 0 Å².